The number of benzene rings is 2. The van der Waals surface area contributed by atoms with Gasteiger partial charge in [-0.05, 0) is 30.9 Å². The number of aryl methyl sites for hydroxylation is 1. The highest BCUT2D eigenvalue weighted by molar-refractivity contribution is 5.22. The van der Waals surface area contributed by atoms with Crippen LogP contribution in [0, 0.1) is 6.92 Å². The van der Waals surface area contributed by atoms with Crippen LogP contribution < -0.4 is 0 Å². The Morgan fingerprint density at radius 2 is 1.79 bits per heavy atom. The summed E-state index contributed by atoms with van der Waals surface area (Å²) in [5.41, 5.74) is 3.74. The monoisotopic (exact) mass is 327 g/mol. The molecule has 130 valence electrons. The van der Waals surface area contributed by atoms with Crippen molar-refractivity contribution in [1.82, 2.24) is 4.90 Å². The van der Waals surface area contributed by atoms with Gasteiger partial charge >= 0.3 is 0 Å². The van der Waals surface area contributed by atoms with Crippen LogP contribution >= 0.6 is 0 Å². The molecular formula is C21H29NO2. The van der Waals surface area contributed by atoms with Crippen molar-refractivity contribution >= 4 is 0 Å². The predicted molar refractivity (Wildman–Crippen MR) is 99.1 cm³/mol. The zero-order chi connectivity index (χ0) is 17.2. The van der Waals surface area contributed by atoms with Gasteiger partial charge in [-0.2, -0.15) is 0 Å². The van der Waals surface area contributed by atoms with E-state index in [9.17, 15) is 5.11 Å². The van der Waals surface area contributed by atoms with Gasteiger partial charge in [-0.1, -0.05) is 60.2 Å². The van der Waals surface area contributed by atoms with Crippen LogP contribution in [-0.2, 0) is 17.7 Å². The molecule has 2 rings (SSSR count). The summed E-state index contributed by atoms with van der Waals surface area (Å²) in [5, 5.41) is 10.5. The van der Waals surface area contributed by atoms with Gasteiger partial charge in [0.25, 0.3) is 0 Å². The van der Waals surface area contributed by atoms with E-state index in [4.69, 9.17) is 4.74 Å². The molecule has 0 amide bonds. The van der Waals surface area contributed by atoms with Gasteiger partial charge in [0.15, 0.2) is 0 Å². The van der Waals surface area contributed by atoms with Gasteiger partial charge < -0.3 is 9.84 Å². The molecule has 0 aliphatic rings. The first-order valence-corrected chi connectivity index (χ1v) is 8.66. The van der Waals surface area contributed by atoms with E-state index in [1.165, 1.54) is 16.7 Å². The fraction of sp³-hybridized carbons (Fsp3) is 0.429. The topological polar surface area (TPSA) is 32.7 Å². The first-order valence-electron chi connectivity index (χ1n) is 8.66. The smallest absolute Gasteiger partial charge is 0.0707 e. The Morgan fingerprint density at radius 3 is 2.50 bits per heavy atom. The summed E-state index contributed by atoms with van der Waals surface area (Å²) >= 11 is 0. The molecule has 0 radical (unpaired) electrons. The second kappa shape index (κ2) is 10.2. The first-order chi connectivity index (χ1) is 11.7. The molecule has 0 spiro atoms. The van der Waals surface area contributed by atoms with Crippen LogP contribution in [0.5, 0.6) is 0 Å². The number of aliphatic hydroxyl groups excluding tert-OH is 1. The van der Waals surface area contributed by atoms with Crippen molar-refractivity contribution in [1.29, 1.82) is 0 Å². The van der Waals surface area contributed by atoms with Crippen LogP contribution in [0.4, 0.5) is 0 Å². The Labute approximate surface area is 145 Å². The van der Waals surface area contributed by atoms with Gasteiger partial charge in [0.2, 0.25) is 0 Å². The first kappa shape index (κ1) is 18.7. The number of methoxy groups -OCH3 is 1. The maximum Gasteiger partial charge on any atom is 0.0707 e. The average molecular weight is 327 g/mol. The van der Waals surface area contributed by atoms with Gasteiger partial charge in [0.1, 0.15) is 0 Å². The van der Waals surface area contributed by atoms with Gasteiger partial charge in [-0.15, -0.1) is 0 Å². The molecule has 0 fully saturated rings. The van der Waals surface area contributed by atoms with E-state index in [1.54, 1.807) is 7.11 Å². The van der Waals surface area contributed by atoms with E-state index >= 15 is 0 Å². The molecule has 3 heteroatoms. The zero-order valence-corrected chi connectivity index (χ0v) is 14.8. The summed E-state index contributed by atoms with van der Waals surface area (Å²) in [6.07, 6.45) is 1.30. The van der Waals surface area contributed by atoms with E-state index in [0.717, 1.165) is 26.1 Å². The van der Waals surface area contributed by atoms with E-state index in [-0.39, 0.29) is 6.10 Å². The van der Waals surface area contributed by atoms with Crippen molar-refractivity contribution in [3.63, 3.8) is 0 Å². The van der Waals surface area contributed by atoms with Crippen LogP contribution in [0.2, 0.25) is 0 Å². The summed E-state index contributed by atoms with van der Waals surface area (Å²) in [6.45, 7) is 5.32. The van der Waals surface area contributed by atoms with E-state index in [2.05, 4.69) is 48.2 Å². The number of ether oxygens (including phenoxy) is 1. The van der Waals surface area contributed by atoms with E-state index in [0.29, 0.717) is 13.0 Å². The van der Waals surface area contributed by atoms with Crippen molar-refractivity contribution in [2.45, 2.75) is 32.4 Å². The molecule has 0 aromatic heterocycles. The summed E-state index contributed by atoms with van der Waals surface area (Å²) < 4.78 is 5.17. The van der Waals surface area contributed by atoms with Crippen molar-refractivity contribution < 1.29 is 9.84 Å². The van der Waals surface area contributed by atoms with Crippen molar-refractivity contribution in [3.8, 4) is 0 Å². The standard InChI is InChI=1S/C21H29NO2/c1-18-8-6-11-20(14-18)16-22(12-7-13-24-2)17-21(23)15-19-9-4-3-5-10-19/h3-6,8-11,14,21,23H,7,12-13,15-17H2,1-2H3. The maximum atomic E-state index is 10.5. The van der Waals surface area contributed by atoms with E-state index in [1.807, 2.05) is 18.2 Å². The Hall–Kier alpha value is -1.68. The summed E-state index contributed by atoms with van der Waals surface area (Å²) in [5.74, 6) is 0. The van der Waals surface area contributed by atoms with Crippen molar-refractivity contribution in [3.05, 3.63) is 71.3 Å². The van der Waals surface area contributed by atoms with Crippen LogP contribution in [0.3, 0.4) is 0 Å². The van der Waals surface area contributed by atoms with Crippen LogP contribution in [0.15, 0.2) is 54.6 Å². The second-order valence-electron chi connectivity index (χ2n) is 6.41. The number of hydrogen-bond acceptors (Lipinski definition) is 3. The largest absolute Gasteiger partial charge is 0.391 e. The number of aliphatic hydroxyl groups is 1. The van der Waals surface area contributed by atoms with E-state index < -0.39 is 0 Å². The minimum absolute atomic E-state index is 0.361. The fourth-order valence-corrected chi connectivity index (χ4v) is 2.98. The average Bonchev–Trinajstić information content (AvgIpc) is 2.56. The summed E-state index contributed by atoms with van der Waals surface area (Å²) in [6, 6.07) is 18.8. The molecule has 0 saturated heterocycles. The highest BCUT2D eigenvalue weighted by atomic mass is 16.5. The van der Waals surface area contributed by atoms with Gasteiger partial charge in [-0.25, -0.2) is 0 Å². The third-order valence-corrected chi connectivity index (χ3v) is 4.09. The Kier molecular flexibility index (Phi) is 7.96. The molecule has 0 heterocycles. The second-order valence-corrected chi connectivity index (χ2v) is 6.41. The zero-order valence-electron chi connectivity index (χ0n) is 14.8. The van der Waals surface area contributed by atoms with Crippen molar-refractivity contribution in [2.75, 3.05) is 26.8 Å². The number of nitrogens with zero attached hydrogens (tertiary/aromatic N) is 1. The molecule has 3 nitrogen and oxygen atoms in total. The molecule has 0 aliphatic heterocycles. The molecule has 0 aliphatic carbocycles. The molecule has 2 aromatic rings. The molecule has 0 bridgehead atoms. The number of hydrogen-bond donors (Lipinski definition) is 1. The normalized spacial score (nSPS) is 12.5. The molecule has 1 N–H and O–H groups in total. The van der Waals surface area contributed by atoms with Crippen LogP contribution in [0.1, 0.15) is 23.1 Å². The molecule has 1 unspecified atom stereocenters. The lowest BCUT2D eigenvalue weighted by Gasteiger charge is -2.25. The third kappa shape index (κ3) is 6.83. The quantitative estimate of drug-likeness (QED) is 0.679. The fourth-order valence-electron chi connectivity index (χ4n) is 2.98. The molecule has 2 aromatic carbocycles. The maximum absolute atomic E-state index is 10.5. The molecular weight excluding hydrogens is 298 g/mol. The Bertz CT molecular complexity index is 585. The predicted octanol–water partition coefficient (Wildman–Crippen LogP) is 3.44. The van der Waals surface area contributed by atoms with Gasteiger partial charge in [-0.3, -0.25) is 4.90 Å². The highest BCUT2D eigenvalue weighted by Crippen LogP contribution is 2.11. The summed E-state index contributed by atoms with van der Waals surface area (Å²) in [4.78, 5) is 2.32. The van der Waals surface area contributed by atoms with Crippen LogP contribution in [0.25, 0.3) is 0 Å². The lowest BCUT2D eigenvalue weighted by molar-refractivity contribution is 0.0994. The molecule has 24 heavy (non-hydrogen) atoms. The lowest BCUT2D eigenvalue weighted by atomic mass is 10.1. The van der Waals surface area contributed by atoms with Gasteiger partial charge in [0, 0.05) is 33.4 Å². The third-order valence-electron chi connectivity index (χ3n) is 4.09. The lowest BCUT2D eigenvalue weighted by Crippen LogP contribution is -2.34. The Balaban J connectivity index is 1.94. The molecule has 1 atom stereocenters. The Morgan fingerprint density at radius 1 is 1.04 bits per heavy atom. The minimum atomic E-state index is -0.361. The van der Waals surface area contributed by atoms with Crippen LogP contribution in [-0.4, -0.2) is 42.9 Å². The summed E-state index contributed by atoms with van der Waals surface area (Å²) in [7, 11) is 1.73. The van der Waals surface area contributed by atoms with Crippen molar-refractivity contribution in [2.24, 2.45) is 0 Å². The number of rotatable bonds is 10. The minimum Gasteiger partial charge on any atom is -0.391 e. The SMILES string of the molecule is COCCCN(Cc1cccc(C)c1)CC(O)Cc1ccccc1. The highest BCUT2D eigenvalue weighted by Gasteiger charge is 2.13. The van der Waals surface area contributed by atoms with Gasteiger partial charge in [0.05, 0.1) is 6.10 Å². The molecule has 0 saturated carbocycles.